The van der Waals surface area contributed by atoms with Crippen LogP contribution < -0.4 is 14.8 Å². The summed E-state index contributed by atoms with van der Waals surface area (Å²) in [4.78, 5) is 12.3. The van der Waals surface area contributed by atoms with E-state index in [0.717, 1.165) is 11.4 Å². The lowest BCUT2D eigenvalue weighted by molar-refractivity contribution is 0.102. The van der Waals surface area contributed by atoms with Gasteiger partial charge in [0.2, 0.25) is 5.13 Å². The zero-order valence-electron chi connectivity index (χ0n) is 14.1. The van der Waals surface area contributed by atoms with Crippen molar-refractivity contribution >= 4 is 34.0 Å². The third kappa shape index (κ3) is 4.82. The maximum atomic E-state index is 12.3. The molecule has 8 heteroatoms. The van der Waals surface area contributed by atoms with E-state index < -0.39 is 0 Å². The molecule has 1 amide bonds. The Kier molecular flexibility index (Phi) is 6.39. The van der Waals surface area contributed by atoms with Gasteiger partial charge in [0.25, 0.3) is 5.91 Å². The maximum Gasteiger partial charge on any atom is 0.257 e. The van der Waals surface area contributed by atoms with Crippen molar-refractivity contribution in [2.45, 2.75) is 27.2 Å². The predicted molar refractivity (Wildman–Crippen MR) is 95.6 cm³/mol. The van der Waals surface area contributed by atoms with E-state index in [4.69, 9.17) is 21.1 Å². The van der Waals surface area contributed by atoms with Crippen LogP contribution in [0.5, 0.6) is 11.5 Å². The fourth-order valence-corrected chi connectivity index (χ4v) is 2.76. The lowest BCUT2D eigenvalue weighted by Crippen LogP contribution is -2.12. The number of anilines is 1. The number of hydrogen-bond acceptors (Lipinski definition) is 6. The number of ether oxygens (including phenoxy) is 2. The minimum atomic E-state index is -0.333. The smallest absolute Gasteiger partial charge is 0.257 e. The Morgan fingerprint density at radius 1 is 1.38 bits per heavy atom. The number of halogens is 1. The van der Waals surface area contributed by atoms with Crippen molar-refractivity contribution in [3.8, 4) is 11.5 Å². The Hall–Kier alpha value is -1.86. The van der Waals surface area contributed by atoms with Gasteiger partial charge in [-0.15, -0.1) is 10.2 Å². The second-order valence-electron chi connectivity index (χ2n) is 5.60. The summed E-state index contributed by atoms with van der Waals surface area (Å²) in [7, 11) is 1.51. The highest BCUT2D eigenvalue weighted by Gasteiger charge is 2.17. The molecular weight excluding hydrogens is 350 g/mol. The van der Waals surface area contributed by atoms with Crippen LogP contribution in [0.1, 0.15) is 35.6 Å². The average molecular weight is 370 g/mol. The van der Waals surface area contributed by atoms with Crippen molar-refractivity contribution in [1.82, 2.24) is 10.2 Å². The molecular formula is C16H20ClN3O3S. The molecule has 1 heterocycles. The Balaban J connectivity index is 2.16. The van der Waals surface area contributed by atoms with Crippen LogP contribution in [-0.4, -0.2) is 29.8 Å². The maximum absolute atomic E-state index is 12.3. The highest BCUT2D eigenvalue weighted by molar-refractivity contribution is 7.15. The van der Waals surface area contributed by atoms with Crippen molar-refractivity contribution in [3.05, 3.63) is 27.7 Å². The van der Waals surface area contributed by atoms with Crippen LogP contribution in [0.4, 0.5) is 5.13 Å². The molecule has 0 aliphatic carbocycles. The Bertz CT molecular complexity index is 719. The summed E-state index contributed by atoms with van der Waals surface area (Å²) >= 11 is 7.57. The van der Waals surface area contributed by atoms with Gasteiger partial charge in [0.05, 0.1) is 18.7 Å². The third-order valence-electron chi connectivity index (χ3n) is 3.18. The molecule has 6 nitrogen and oxygen atoms in total. The second kappa shape index (κ2) is 8.30. The van der Waals surface area contributed by atoms with E-state index >= 15 is 0 Å². The molecule has 0 saturated carbocycles. The van der Waals surface area contributed by atoms with Crippen LogP contribution in [0.15, 0.2) is 12.1 Å². The van der Waals surface area contributed by atoms with Gasteiger partial charge in [-0.2, -0.15) is 0 Å². The van der Waals surface area contributed by atoms with Crippen molar-refractivity contribution in [3.63, 3.8) is 0 Å². The van der Waals surface area contributed by atoms with Crippen LogP contribution >= 0.6 is 22.9 Å². The van der Waals surface area contributed by atoms with E-state index in [9.17, 15) is 4.79 Å². The monoisotopic (exact) mass is 369 g/mol. The molecule has 2 rings (SSSR count). The summed E-state index contributed by atoms with van der Waals surface area (Å²) in [6.45, 7) is 6.58. The van der Waals surface area contributed by atoms with Crippen molar-refractivity contribution < 1.29 is 14.3 Å². The van der Waals surface area contributed by atoms with E-state index in [1.165, 1.54) is 18.4 Å². The van der Waals surface area contributed by atoms with Crippen LogP contribution in [-0.2, 0) is 0 Å². The standard InChI is InChI=1S/C16H20ClN3O3S/c1-9(2)5-6-23-14-12(17)7-11(8-13(14)22-4)15(21)18-16-20-19-10(3)24-16/h7-9H,5-6H2,1-4H3,(H,18,20,21). The number of amides is 1. The minimum absolute atomic E-state index is 0.330. The molecule has 1 aromatic heterocycles. The summed E-state index contributed by atoms with van der Waals surface area (Å²) in [5.74, 6) is 1.06. The van der Waals surface area contributed by atoms with Crippen LogP contribution in [0.2, 0.25) is 5.02 Å². The van der Waals surface area contributed by atoms with E-state index in [-0.39, 0.29) is 5.91 Å². The van der Waals surface area contributed by atoms with Crippen molar-refractivity contribution in [2.24, 2.45) is 5.92 Å². The molecule has 0 radical (unpaired) electrons. The SMILES string of the molecule is COc1cc(C(=O)Nc2nnc(C)s2)cc(Cl)c1OCCC(C)C. The van der Waals surface area contributed by atoms with Gasteiger partial charge >= 0.3 is 0 Å². The van der Waals surface area contributed by atoms with Gasteiger partial charge in [-0.05, 0) is 31.4 Å². The number of aryl methyl sites for hydroxylation is 1. The highest BCUT2D eigenvalue weighted by atomic mass is 35.5. The normalized spacial score (nSPS) is 10.8. The third-order valence-corrected chi connectivity index (χ3v) is 4.21. The molecule has 0 saturated heterocycles. The van der Waals surface area contributed by atoms with Gasteiger partial charge in [0.15, 0.2) is 11.5 Å². The zero-order valence-corrected chi connectivity index (χ0v) is 15.6. The largest absolute Gasteiger partial charge is 0.493 e. The molecule has 2 aromatic rings. The number of hydrogen-bond donors (Lipinski definition) is 1. The number of methoxy groups -OCH3 is 1. The van der Waals surface area contributed by atoms with Gasteiger partial charge in [-0.25, -0.2) is 0 Å². The lowest BCUT2D eigenvalue weighted by atomic mass is 10.1. The van der Waals surface area contributed by atoms with Gasteiger partial charge in [0, 0.05) is 5.56 Å². The summed E-state index contributed by atoms with van der Waals surface area (Å²) in [5.41, 5.74) is 0.362. The van der Waals surface area contributed by atoms with Crippen LogP contribution in [0, 0.1) is 12.8 Å². The first-order valence-corrected chi connectivity index (χ1v) is 8.72. The molecule has 0 bridgehead atoms. The molecule has 0 atom stereocenters. The molecule has 0 fully saturated rings. The number of nitrogens with zero attached hydrogens (tertiary/aromatic N) is 2. The summed E-state index contributed by atoms with van der Waals surface area (Å²) < 4.78 is 11.0. The first kappa shape index (κ1) is 18.5. The van der Waals surface area contributed by atoms with Gasteiger partial charge in [-0.1, -0.05) is 36.8 Å². The Morgan fingerprint density at radius 2 is 2.12 bits per heavy atom. The van der Waals surface area contributed by atoms with E-state index in [0.29, 0.717) is 39.7 Å². The van der Waals surface area contributed by atoms with E-state index in [1.807, 2.05) is 6.92 Å². The Labute approximate surface area is 150 Å². The number of aromatic nitrogens is 2. The summed E-state index contributed by atoms with van der Waals surface area (Å²) in [5, 5.41) is 12.0. The van der Waals surface area contributed by atoms with Crippen molar-refractivity contribution in [2.75, 3.05) is 19.0 Å². The lowest BCUT2D eigenvalue weighted by Gasteiger charge is -2.14. The topological polar surface area (TPSA) is 73.3 Å². The molecule has 0 spiro atoms. The molecule has 0 unspecified atom stereocenters. The van der Waals surface area contributed by atoms with Gasteiger partial charge < -0.3 is 9.47 Å². The molecule has 0 aliphatic rings. The number of benzene rings is 1. The van der Waals surface area contributed by atoms with Gasteiger partial charge in [0.1, 0.15) is 5.01 Å². The number of carbonyl (C=O) groups is 1. The van der Waals surface area contributed by atoms with Crippen molar-refractivity contribution in [1.29, 1.82) is 0 Å². The predicted octanol–water partition coefficient (Wildman–Crippen LogP) is 4.19. The van der Waals surface area contributed by atoms with E-state index in [2.05, 4.69) is 29.4 Å². The molecule has 1 N–H and O–H groups in total. The second-order valence-corrected chi connectivity index (χ2v) is 7.19. The first-order valence-electron chi connectivity index (χ1n) is 7.52. The molecule has 130 valence electrons. The van der Waals surface area contributed by atoms with Crippen LogP contribution in [0.25, 0.3) is 0 Å². The fourth-order valence-electron chi connectivity index (χ4n) is 1.90. The molecule has 24 heavy (non-hydrogen) atoms. The zero-order chi connectivity index (χ0) is 17.7. The first-order chi connectivity index (χ1) is 11.4. The Morgan fingerprint density at radius 3 is 2.71 bits per heavy atom. The number of nitrogens with one attached hydrogen (secondary N) is 1. The van der Waals surface area contributed by atoms with Gasteiger partial charge in [-0.3, -0.25) is 10.1 Å². The highest BCUT2D eigenvalue weighted by Crippen LogP contribution is 2.37. The van der Waals surface area contributed by atoms with E-state index in [1.54, 1.807) is 12.1 Å². The molecule has 1 aromatic carbocycles. The molecule has 0 aliphatic heterocycles. The minimum Gasteiger partial charge on any atom is -0.493 e. The summed E-state index contributed by atoms with van der Waals surface area (Å²) in [6.07, 6.45) is 0.901. The number of carbonyl (C=O) groups excluding carboxylic acids is 1. The van der Waals surface area contributed by atoms with Crippen LogP contribution in [0.3, 0.4) is 0 Å². The average Bonchev–Trinajstić information content (AvgIpc) is 2.93. The quantitative estimate of drug-likeness (QED) is 0.792. The summed E-state index contributed by atoms with van der Waals surface area (Å²) in [6, 6.07) is 3.15. The fraction of sp³-hybridized carbons (Fsp3) is 0.438. The number of rotatable bonds is 7.